The van der Waals surface area contributed by atoms with Gasteiger partial charge in [0.15, 0.2) is 0 Å². The van der Waals surface area contributed by atoms with Gasteiger partial charge in [0, 0.05) is 12.3 Å². The lowest BCUT2D eigenvalue weighted by Crippen LogP contribution is -2.16. The number of carbonyl (C=O) groups excluding carboxylic acids is 1. The number of hydrogen-bond acceptors (Lipinski definition) is 4. The quantitative estimate of drug-likeness (QED) is 0.762. The van der Waals surface area contributed by atoms with Crippen molar-refractivity contribution in [3.8, 4) is 0 Å². The predicted octanol–water partition coefficient (Wildman–Crippen LogP) is 1.01. The largest absolute Gasteiger partial charge is 0.381 e. The molecule has 7 heteroatoms. The molecule has 0 fully saturated rings. The summed E-state index contributed by atoms with van der Waals surface area (Å²) < 4.78 is 27.4. The van der Waals surface area contributed by atoms with Crippen LogP contribution in [0.2, 0.25) is 0 Å². The molecular weight excluding hydrogens is 268 g/mol. The molecule has 0 radical (unpaired) electrons. The highest BCUT2D eigenvalue weighted by Gasteiger charge is 2.10. The van der Waals surface area contributed by atoms with E-state index in [0.717, 1.165) is 0 Å². The molecule has 6 nitrogen and oxygen atoms in total. The average molecular weight is 286 g/mol. The van der Waals surface area contributed by atoms with Gasteiger partial charge >= 0.3 is 0 Å². The first kappa shape index (κ1) is 15.6. The predicted molar refractivity (Wildman–Crippen MR) is 72.3 cm³/mol. The number of aryl methyl sites for hydroxylation is 1. The van der Waals surface area contributed by atoms with Crippen molar-refractivity contribution in [2.45, 2.75) is 25.2 Å². The first-order chi connectivity index (χ1) is 8.84. The SMILES string of the molecule is CCOCCC(=O)Nc1ccc(S(N)(=O)=O)cc1C. The Balaban J connectivity index is 2.73. The van der Waals surface area contributed by atoms with Gasteiger partial charge in [-0.25, -0.2) is 13.6 Å². The minimum Gasteiger partial charge on any atom is -0.381 e. The fourth-order valence-corrected chi connectivity index (χ4v) is 2.07. The monoisotopic (exact) mass is 286 g/mol. The van der Waals surface area contributed by atoms with Crippen LogP contribution < -0.4 is 10.5 Å². The van der Waals surface area contributed by atoms with Crippen molar-refractivity contribution in [2.75, 3.05) is 18.5 Å². The van der Waals surface area contributed by atoms with Gasteiger partial charge in [0.2, 0.25) is 15.9 Å². The van der Waals surface area contributed by atoms with Crippen LogP contribution in [0.3, 0.4) is 0 Å². The van der Waals surface area contributed by atoms with Crippen LogP contribution in [0.25, 0.3) is 0 Å². The highest BCUT2D eigenvalue weighted by molar-refractivity contribution is 7.89. The van der Waals surface area contributed by atoms with Crippen LogP contribution in [0.15, 0.2) is 23.1 Å². The fourth-order valence-electron chi connectivity index (χ4n) is 1.48. The smallest absolute Gasteiger partial charge is 0.238 e. The lowest BCUT2D eigenvalue weighted by molar-refractivity contribution is -0.117. The summed E-state index contributed by atoms with van der Waals surface area (Å²) in [6.07, 6.45) is 0.254. The standard InChI is InChI=1S/C12H18N2O4S/c1-3-18-7-6-12(15)14-11-5-4-10(8-9(11)2)19(13,16)17/h4-5,8H,3,6-7H2,1-2H3,(H,14,15)(H2,13,16,17). The number of primary sulfonamides is 1. The third-order valence-corrected chi connectivity index (χ3v) is 3.39. The normalized spacial score (nSPS) is 11.3. The Bertz CT molecular complexity index is 555. The van der Waals surface area contributed by atoms with E-state index < -0.39 is 10.0 Å². The highest BCUT2D eigenvalue weighted by Crippen LogP contribution is 2.18. The molecule has 0 heterocycles. The van der Waals surface area contributed by atoms with E-state index in [4.69, 9.17) is 9.88 Å². The molecule has 0 saturated heterocycles. The summed E-state index contributed by atoms with van der Waals surface area (Å²) in [6.45, 7) is 4.48. The molecule has 1 aromatic carbocycles. The van der Waals surface area contributed by atoms with Crippen molar-refractivity contribution in [2.24, 2.45) is 5.14 Å². The Morgan fingerprint density at radius 2 is 2.11 bits per heavy atom. The van der Waals surface area contributed by atoms with Gasteiger partial charge in [-0.15, -0.1) is 0 Å². The Labute approximate surface area is 113 Å². The van der Waals surface area contributed by atoms with Gasteiger partial charge in [0.25, 0.3) is 0 Å². The van der Waals surface area contributed by atoms with Gasteiger partial charge in [-0.1, -0.05) is 0 Å². The van der Waals surface area contributed by atoms with Gasteiger partial charge in [0.1, 0.15) is 0 Å². The third kappa shape index (κ3) is 4.98. The summed E-state index contributed by atoms with van der Waals surface area (Å²) >= 11 is 0. The summed E-state index contributed by atoms with van der Waals surface area (Å²) in [5.74, 6) is -0.181. The van der Waals surface area contributed by atoms with E-state index in [-0.39, 0.29) is 17.2 Å². The van der Waals surface area contributed by atoms with Crippen LogP contribution >= 0.6 is 0 Å². The van der Waals surface area contributed by atoms with Crippen molar-refractivity contribution in [3.63, 3.8) is 0 Å². The van der Waals surface area contributed by atoms with Crippen molar-refractivity contribution in [3.05, 3.63) is 23.8 Å². The molecule has 1 rings (SSSR count). The van der Waals surface area contributed by atoms with E-state index in [9.17, 15) is 13.2 Å². The van der Waals surface area contributed by atoms with E-state index in [1.54, 1.807) is 6.92 Å². The number of hydrogen-bond donors (Lipinski definition) is 2. The molecule has 0 bridgehead atoms. The number of nitrogens with two attached hydrogens (primary N) is 1. The maximum atomic E-state index is 11.6. The molecule has 0 aliphatic carbocycles. The number of amides is 1. The van der Waals surface area contributed by atoms with Crippen LogP contribution in [0.4, 0.5) is 5.69 Å². The summed E-state index contributed by atoms with van der Waals surface area (Å²) in [7, 11) is -3.72. The first-order valence-corrected chi connectivity index (χ1v) is 7.40. The first-order valence-electron chi connectivity index (χ1n) is 5.85. The lowest BCUT2D eigenvalue weighted by atomic mass is 10.2. The maximum absolute atomic E-state index is 11.6. The second kappa shape index (κ2) is 6.65. The number of sulfonamides is 1. The molecule has 3 N–H and O–H groups in total. The minimum atomic E-state index is -3.72. The third-order valence-electron chi connectivity index (χ3n) is 2.48. The molecule has 0 aromatic heterocycles. The molecular formula is C12H18N2O4S. The zero-order valence-corrected chi connectivity index (χ0v) is 11.8. The topological polar surface area (TPSA) is 98.5 Å². The van der Waals surface area contributed by atoms with Crippen LogP contribution in [-0.2, 0) is 19.6 Å². The van der Waals surface area contributed by atoms with E-state index in [2.05, 4.69) is 5.32 Å². The zero-order valence-electron chi connectivity index (χ0n) is 11.0. The molecule has 1 aromatic rings. The second-order valence-electron chi connectivity index (χ2n) is 4.02. The summed E-state index contributed by atoms with van der Waals surface area (Å²) in [5.41, 5.74) is 1.20. The number of rotatable bonds is 6. The second-order valence-corrected chi connectivity index (χ2v) is 5.58. The molecule has 0 saturated carbocycles. The summed E-state index contributed by atoms with van der Waals surface area (Å²) in [5, 5.41) is 7.72. The van der Waals surface area contributed by atoms with Crippen molar-refractivity contribution in [1.29, 1.82) is 0 Å². The maximum Gasteiger partial charge on any atom is 0.238 e. The Morgan fingerprint density at radius 1 is 1.42 bits per heavy atom. The summed E-state index contributed by atoms with van der Waals surface area (Å²) in [4.78, 5) is 11.6. The number of carbonyl (C=O) groups is 1. The lowest BCUT2D eigenvalue weighted by Gasteiger charge is -2.09. The van der Waals surface area contributed by atoms with Gasteiger partial charge in [-0.2, -0.15) is 0 Å². The molecule has 106 valence electrons. The van der Waals surface area contributed by atoms with Crippen LogP contribution in [0.1, 0.15) is 18.9 Å². The number of benzene rings is 1. The van der Waals surface area contributed by atoms with Gasteiger partial charge < -0.3 is 10.1 Å². The van der Waals surface area contributed by atoms with Crippen LogP contribution in [-0.4, -0.2) is 27.5 Å². The zero-order chi connectivity index (χ0) is 14.5. The molecule has 0 atom stereocenters. The number of ether oxygens (including phenoxy) is 1. The van der Waals surface area contributed by atoms with Crippen LogP contribution in [0, 0.1) is 6.92 Å². The Kier molecular flexibility index (Phi) is 5.46. The average Bonchev–Trinajstić information content (AvgIpc) is 2.31. The van der Waals surface area contributed by atoms with E-state index >= 15 is 0 Å². The molecule has 0 spiro atoms. The molecule has 0 unspecified atom stereocenters. The van der Waals surface area contributed by atoms with Crippen molar-refractivity contribution >= 4 is 21.6 Å². The van der Waals surface area contributed by atoms with E-state index in [1.807, 2.05) is 6.92 Å². The Morgan fingerprint density at radius 3 is 2.63 bits per heavy atom. The molecule has 1 amide bonds. The van der Waals surface area contributed by atoms with Gasteiger partial charge in [-0.3, -0.25) is 4.79 Å². The summed E-state index contributed by atoms with van der Waals surface area (Å²) in [6, 6.07) is 4.31. The van der Waals surface area contributed by atoms with Crippen molar-refractivity contribution < 1.29 is 17.9 Å². The molecule has 19 heavy (non-hydrogen) atoms. The minimum absolute atomic E-state index is 0.0253. The fraction of sp³-hybridized carbons (Fsp3) is 0.417. The number of anilines is 1. The molecule has 0 aliphatic rings. The van der Waals surface area contributed by atoms with Gasteiger partial charge in [-0.05, 0) is 37.6 Å². The van der Waals surface area contributed by atoms with Gasteiger partial charge in [0.05, 0.1) is 17.9 Å². The van der Waals surface area contributed by atoms with E-state index in [0.29, 0.717) is 24.5 Å². The van der Waals surface area contributed by atoms with Crippen LogP contribution in [0.5, 0.6) is 0 Å². The Hall–Kier alpha value is -1.44. The van der Waals surface area contributed by atoms with Crippen molar-refractivity contribution in [1.82, 2.24) is 0 Å². The number of nitrogens with one attached hydrogen (secondary N) is 1. The molecule has 0 aliphatic heterocycles. The van der Waals surface area contributed by atoms with E-state index in [1.165, 1.54) is 18.2 Å². The highest BCUT2D eigenvalue weighted by atomic mass is 32.2.